The van der Waals surface area contributed by atoms with Crippen molar-refractivity contribution in [1.82, 2.24) is 10.2 Å². The summed E-state index contributed by atoms with van der Waals surface area (Å²) in [6.07, 6.45) is 7.14. The minimum Gasteiger partial charge on any atom is -0.315 e. The average Bonchev–Trinajstić information content (AvgIpc) is 2.64. The van der Waals surface area contributed by atoms with Crippen molar-refractivity contribution in [2.75, 3.05) is 33.2 Å². The van der Waals surface area contributed by atoms with Crippen molar-refractivity contribution in [3.05, 3.63) is 12.2 Å². The van der Waals surface area contributed by atoms with Gasteiger partial charge in [0.25, 0.3) is 0 Å². The van der Waals surface area contributed by atoms with Gasteiger partial charge in [-0.15, -0.1) is 0 Å². The van der Waals surface area contributed by atoms with E-state index < -0.39 is 0 Å². The molecule has 1 aliphatic carbocycles. The van der Waals surface area contributed by atoms with Gasteiger partial charge in [0.1, 0.15) is 0 Å². The first-order valence-electron chi connectivity index (χ1n) is 5.37. The fraction of sp³-hybridized carbons (Fsp3) is 0.818. The Bertz CT molecular complexity index is 146. The zero-order valence-corrected chi connectivity index (χ0v) is 8.92. The highest BCUT2D eigenvalue weighted by atomic mass is 15.1. The van der Waals surface area contributed by atoms with Gasteiger partial charge in [-0.05, 0) is 38.9 Å². The molecule has 0 bridgehead atoms. The molecule has 0 saturated heterocycles. The van der Waals surface area contributed by atoms with Crippen LogP contribution in [0.3, 0.4) is 0 Å². The number of nitrogens with zero attached hydrogens (tertiary/aromatic N) is 1. The first-order chi connectivity index (χ1) is 6.33. The van der Waals surface area contributed by atoms with Crippen molar-refractivity contribution in [2.24, 2.45) is 5.92 Å². The fourth-order valence-corrected chi connectivity index (χ4v) is 1.57. The zero-order chi connectivity index (χ0) is 9.52. The van der Waals surface area contributed by atoms with Crippen LogP contribution < -0.4 is 5.32 Å². The second-order valence-electron chi connectivity index (χ2n) is 3.91. The smallest absolute Gasteiger partial charge is 0.0104 e. The first-order valence-corrected chi connectivity index (χ1v) is 5.37. The Balaban J connectivity index is 1.89. The lowest BCUT2D eigenvalue weighted by molar-refractivity contribution is 0.343. The minimum absolute atomic E-state index is 0.868. The Hall–Kier alpha value is -0.340. The summed E-state index contributed by atoms with van der Waals surface area (Å²) >= 11 is 0. The highest BCUT2D eigenvalue weighted by Crippen LogP contribution is 2.15. The van der Waals surface area contributed by atoms with Crippen LogP contribution in [-0.4, -0.2) is 38.1 Å². The lowest BCUT2D eigenvalue weighted by Crippen LogP contribution is -2.31. The third kappa shape index (κ3) is 4.44. The van der Waals surface area contributed by atoms with Gasteiger partial charge in [0.2, 0.25) is 0 Å². The maximum Gasteiger partial charge on any atom is 0.0104 e. The molecule has 0 spiro atoms. The number of hydrogen-bond donors (Lipinski definition) is 1. The second kappa shape index (κ2) is 6.17. The number of hydrogen-bond acceptors (Lipinski definition) is 2. The summed E-state index contributed by atoms with van der Waals surface area (Å²) in [4.78, 5) is 2.33. The summed E-state index contributed by atoms with van der Waals surface area (Å²) in [7, 11) is 2.17. The molecule has 0 aromatic heterocycles. The van der Waals surface area contributed by atoms with E-state index in [-0.39, 0.29) is 0 Å². The minimum atomic E-state index is 0.868. The molecule has 0 saturated carbocycles. The quantitative estimate of drug-likeness (QED) is 0.494. The molecule has 13 heavy (non-hydrogen) atoms. The normalized spacial score (nSPS) is 17.5. The van der Waals surface area contributed by atoms with Crippen LogP contribution in [0.2, 0.25) is 0 Å². The number of allylic oxidation sites excluding steroid dienone is 2. The van der Waals surface area contributed by atoms with Crippen LogP contribution in [0.1, 0.15) is 19.8 Å². The molecule has 2 heteroatoms. The van der Waals surface area contributed by atoms with Crippen molar-refractivity contribution >= 4 is 0 Å². The third-order valence-corrected chi connectivity index (χ3v) is 2.75. The van der Waals surface area contributed by atoms with Gasteiger partial charge < -0.3 is 10.2 Å². The van der Waals surface area contributed by atoms with Gasteiger partial charge in [-0.3, -0.25) is 0 Å². The molecule has 0 unspecified atom stereocenters. The predicted molar refractivity (Wildman–Crippen MR) is 57.9 cm³/mol. The molecule has 0 heterocycles. The summed E-state index contributed by atoms with van der Waals surface area (Å²) in [5.41, 5.74) is 0. The molecule has 0 atom stereocenters. The van der Waals surface area contributed by atoms with E-state index in [4.69, 9.17) is 0 Å². The molecule has 1 aliphatic rings. The molecular weight excluding hydrogens is 160 g/mol. The predicted octanol–water partition coefficient (Wildman–Crippen LogP) is 1.49. The molecule has 0 radical (unpaired) electrons. The van der Waals surface area contributed by atoms with Gasteiger partial charge in [-0.1, -0.05) is 19.1 Å². The Kier molecular flexibility index (Phi) is 5.09. The average molecular weight is 182 g/mol. The largest absolute Gasteiger partial charge is 0.315 e. The van der Waals surface area contributed by atoms with E-state index in [1.807, 2.05) is 0 Å². The number of likely N-dealkylation sites (N-methyl/N-ethyl adjacent to an activating group) is 1. The van der Waals surface area contributed by atoms with Crippen molar-refractivity contribution in [1.29, 1.82) is 0 Å². The maximum atomic E-state index is 3.51. The summed E-state index contributed by atoms with van der Waals surface area (Å²) in [5.74, 6) is 0.868. The van der Waals surface area contributed by atoms with Crippen molar-refractivity contribution < 1.29 is 0 Å². The van der Waals surface area contributed by atoms with Crippen LogP contribution in [0, 0.1) is 5.92 Å². The molecule has 0 aromatic carbocycles. The Morgan fingerprint density at radius 1 is 1.38 bits per heavy atom. The first kappa shape index (κ1) is 10.7. The van der Waals surface area contributed by atoms with E-state index in [0.29, 0.717) is 0 Å². The van der Waals surface area contributed by atoms with Gasteiger partial charge in [0.05, 0.1) is 0 Å². The molecule has 1 N–H and O–H groups in total. The van der Waals surface area contributed by atoms with Crippen LogP contribution in [0.4, 0.5) is 0 Å². The van der Waals surface area contributed by atoms with Gasteiger partial charge in [0, 0.05) is 13.1 Å². The van der Waals surface area contributed by atoms with E-state index in [2.05, 4.69) is 36.3 Å². The van der Waals surface area contributed by atoms with Crippen molar-refractivity contribution in [3.63, 3.8) is 0 Å². The Morgan fingerprint density at radius 3 is 2.69 bits per heavy atom. The topological polar surface area (TPSA) is 15.3 Å². The summed E-state index contributed by atoms with van der Waals surface area (Å²) < 4.78 is 0. The van der Waals surface area contributed by atoms with Gasteiger partial charge in [-0.25, -0.2) is 0 Å². The highest BCUT2D eigenvalue weighted by molar-refractivity contribution is 4.94. The summed E-state index contributed by atoms with van der Waals surface area (Å²) in [6, 6.07) is 0. The summed E-state index contributed by atoms with van der Waals surface area (Å²) in [5, 5.41) is 3.51. The Labute approximate surface area is 82.0 Å². The number of rotatable bonds is 6. The van der Waals surface area contributed by atoms with Crippen LogP contribution >= 0.6 is 0 Å². The van der Waals surface area contributed by atoms with Crippen LogP contribution in [0.5, 0.6) is 0 Å². The van der Waals surface area contributed by atoms with E-state index in [0.717, 1.165) is 25.6 Å². The van der Waals surface area contributed by atoms with Gasteiger partial charge in [-0.2, -0.15) is 0 Å². The fourth-order valence-electron chi connectivity index (χ4n) is 1.57. The van der Waals surface area contributed by atoms with E-state index in [9.17, 15) is 0 Å². The Morgan fingerprint density at radius 2 is 2.08 bits per heavy atom. The third-order valence-electron chi connectivity index (χ3n) is 2.75. The maximum absolute atomic E-state index is 3.51. The number of nitrogens with one attached hydrogen (secondary N) is 1. The summed E-state index contributed by atoms with van der Waals surface area (Å²) in [6.45, 7) is 6.82. The van der Waals surface area contributed by atoms with E-state index in [1.165, 1.54) is 19.4 Å². The molecule has 0 amide bonds. The molecule has 2 nitrogen and oxygen atoms in total. The standard InChI is InChI=1S/C11H22N2/c1-3-13(2)9-8-12-10-11-6-4-5-7-11/h4-5,11-12H,3,6-10H2,1-2H3. The SMILES string of the molecule is CCN(C)CCNCC1CC=CC1. The molecule has 76 valence electrons. The van der Waals surface area contributed by atoms with Crippen molar-refractivity contribution in [2.45, 2.75) is 19.8 Å². The van der Waals surface area contributed by atoms with Crippen LogP contribution in [0.15, 0.2) is 12.2 Å². The second-order valence-corrected chi connectivity index (χ2v) is 3.91. The van der Waals surface area contributed by atoms with E-state index >= 15 is 0 Å². The van der Waals surface area contributed by atoms with Gasteiger partial charge in [0.15, 0.2) is 0 Å². The van der Waals surface area contributed by atoms with Crippen molar-refractivity contribution in [3.8, 4) is 0 Å². The molecule has 0 fully saturated rings. The van der Waals surface area contributed by atoms with E-state index in [1.54, 1.807) is 0 Å². The lowest BCUT2D eigenvalue weighted by Gasteiger charge is -2.15. The molecule has 1 rings (SSSR count). The monoisotopic (exact) mass is 182 g/mol. The van der Waals surface area contributed by atoms with Gasteiger partial charge >= 0.3 is 0 Å². The molecule has 0 aliphatic heterocycles. The van der Waals surface area contributed by atoms with Crippen LogP contribution in [-0.2, 0) is 0 Å². The highest BCUT2D eigenvalue weighted by Gasteiger charge is 2.08. The lowest BCUT2D eigenvalue weighted by atomic mass is 10.1. The van der Waals surface area contributed by atoms with Crippen LogP contribution in [0.25, 0.3) is 0 Å². The molecular formula is C11H22N2. The molecule has 0 aromatic rings. The zero-order valence-electron chi connectivity index (χ0n) is 8.92.